The van der Waals surface area contributed by atoms with Crippen LogP contribution in [0.5, 0.6) is 0 Å². The van der Waals surface area contributed by atoms with Crippen LogP contribution in [0, 0.1) is 0 Å². The molecule has 20 heavy (non-hydrogen) atoms. The highest BCUT2D eigenvalue weighted by atomic mass is 16.2. The molecule has 0 bridgehead atoms. The third kappa shape index (κ3) is 2.41. The maximum Gasteiger partial charge on any atom is 0.273 e. The third-order valence-corrected chi connectivity index (χ3v) is 3.50. The molecule has 2 aromatic rings. The molecule has 6 heteroatoms. The Balaban J connectivity index is 1.78. The van der Waals surface area contributed by atoms with Crippen molar-refractivity contribution < 1.29 is 4.79 Å². The molecule has 1 aliphatic rings. The summed E-state index contributed by atoms with van der Waals surface area (Å²) in [5.74, 6) is 0.718. The second-order valence-corrected chi connectivity index (χ2v) is 5.61. The molecule has 0 spiro atoms. The Morgan fingerprint density at radius 1 is 1.50 bits per heavy atom. The first-order valence-electron chi connectivity index (χ1n) is 6.88. The van der Waals surface area contributed by atoms with E-state index >= 15 is 0 Å². The number of carbonyl (C=O) groups excluding carboxylic acids is 1. The molecule has 0 aromatic carbocycles. The molecule has 0 saturated heterocycles. The summed E-state index contributed by atoms with van der Waals surface area (Å²) in [7, 11) is 0. The van der Waals surface area contributed by atoms with E-state index in [0.29, 0.717) is 29.2 Å². The summed E-state index contributed by atoms with van der Waals surface area (Å²) >= 11 is 0. The molecule has 1 amide bonds. The second-order valence-electron chi connectivity index (χ2n) is 5.61. The summed E-state index contributed by atoms with van der Waals surface area (Å²) in [6.07, 6.45) is 4.04. The van der Waals surface area contributed by atoms with Crippen molar-refractivity contribution in [1.82, 2.24) is 14.8 Å². The average Bonchev–Trinajstić information content (AvgIpc) is 3.00. The number of nitrogens with one attached hydrogen (secondary N) is 2. The zero-order valence-electron chi connectivity index (χ0n) is 11.7. The van der Waals surface area contributed by atoms with Crippen LogP contribution in [0.2, 0.25) is 0 Å². The summed E-state index contributed by atoms with van der Waals surface area (Å²) < 4.78 is 1.96. The van der Waals surface area contributed by atoms with E-state index in [1.807, 2.05) is 16.8 Å². The van der Waals surface area contributed by atoms with Crippen LogP contribution in [-0.2, 0) is 0 Å². The Morgan fingerprint density at radius 2 is 2.25 bits per heavy atom. The normalized spacial score (nSPS) is 14.8. The Kier molecular flexibility index (Phi) is 3.00. The summed E-state index contributed by atoms with van der Waals surface area (Å²) in [5.41, 5.74) is 8.01. The monoisotopic (exact) mass is 273 g/mol. The lowest BCUT2D eigenvalue weighted by Gasteiger charge is -2.06. The van der Waals surface area contributed by atoms with Crippen molar-refractivity contribution in [2.24, 2.45) is 0 Å². The van der Waals surface area contributed by atoms with Gasteiger partial charge in [-0.05, 0) is 24.8 Å². The van der Waals surface area contributed by atoms with Crippen molar-refractivity contribution in [3.63, 3.8) is 0 Å². The maximum atomic E-state index is 12.3. The fourth-order valence-electron chi connectivity index (χ4n) is 2.21. The lowest BCUT2D eigenvalue weighted by Crippen LogP contribution is -2.16. The van der Waals surface area contributed by atoms with Gasteiger partial charge in [-0.2, -0.15) is 5.10 Å². The van der Waals surface area contributed by atoms with Gasteiger partial charge < -0.3 is 15.6 Å². The highest BCUT2D eigenvalue weighted by Crippen LogP contribution is 2.37. The number of nitrogens with two attached hydrogens (primary N) is 1. The number of hydrogen-bond acceptors (Lipinski definition) is 3. The Morgan fingerprint density at radius 3 is 2.85 bits per heavy atom. The van der Waals surface area contributed by atoms with Gasteiger partial charge in [0.05, 0.1) is 5.69 Å². The van der Waals surface area contributed by atoms with E-state index < -0.39 is 0 Å². The first-order chi connectivity index (χ1) is 9.54. The van der Waals surface area contributed by atoms with Gasteiger partial charge in [0, 0.05) is 24.0 Å². The number of aromatic amines is 1. The van der Waals surface area contributed by atoms with Gasteiger partial charge in [0.2, 0.25) is 0 Å². The van der Waals surface area contributed by atoms with Crippen LogP contribution in [0.25, 0.3) is 0 Å². The van der Waals surface area contributed by atoms with Crippen LogP contribution in [0.1, 0.15) is 54.8 Å². The van der Waals surface area contributed by atoms with Crippen LogP contribution in [0.15, 0.2) is 18.3 Å². The number of carbonyl (C=O) groups is 1. The molecule has 3 rings (SSSR count). The van der Waals surface area contributed by atoms with E-state index in [0.717, 1.165) is 18.5 Å². The molecule has 1 aliphatic carbocycles. The maximum absolute atomic E-state index is 12.3. The minimum absolute atomic E-state index is 0.171. The second kappa shape index (κ2) is 4.70. The zero-order valence-corrected chi connectivity index (χ0v) is 11.7. The van der Waals surface area contributed by atoms with Gasteiger partial charge in [-0.15, -0.1) is 0 Å². The minimum atomic E-state index is -0.171. The van der Waals surface area contributed by atoms with Crippen molar-refractivity contribution in [1.29, 1.82) is 0 Å². The lowest BCUT2D eigenvalue weighted by molar-refractivity contribution is 0.101. The van der Waals surface area contributed by atoms with E-state index in [2.05, 4.69) is 29.4 Å². The highest BCUT2D eigenvalue weighted by Gasteiger charge is 2.27. The quantitative estimate of drug-likeness (QED) is 0.799. The van der Waals surface area contributed by atoms with Gasteiger partial charge in [0.1, 0.15) is 5.69 Å². The van der Waals surface area contributed by atoms with Gasteiger partial charge in [-0.25, -0.2) is 0 Å². The van der Waals surface area contributed by atoms with Gasteiger partial charge in [0.15, 0.2) is 5.82 Å². The molecule has 0 unspecified atom stereocenters. The van der Waals surface area contributed by atoms with E-state index in [-0.39, 0.29) is 5.91 Å². The largest absolute Gasteiger partial charge is 0.397 e. The third-order valence-electron chi connectivity index (χ3n) is 3.50. The van der Waals surface area contributed by atoms with Crippen LogP contribution < -0.4 is 11.1 Å². The summed E-state index contributed by atoms with van der Waals surface area (Å²) in [4.78, 5) is 12.3. The van der Waals surface area contributed by atoms with E-state index in [1.54, 1.807) is 6.07 Å². The number of anilines is 2. The Hall–Kier alpha value is -2.24. The molecule has 4 N–H and O–H groups in total. The smallest absolute Gasteiger partial charge is 0.273 e. The van der Waals surface area contributed by atoms with Gasteiger partial charge in [0.25, 0.3) is 5.91 Å². The predicted octanol–water partition coefficient (Wildman–Crippen LogP) is 2.50. The number of amides is 1. The van der Waals surface area contributed by atoms with Crippen molar-refractivity contribution in [3.8, 4) is 0 Å². The molecule has 0 atom stereocenters. The molecule has 0 aliphatic heterocycles. The zero-order chi connectivity index (χ0) is 14.3. The van der Waals surface area contributed by atoms with Crippen molar-refractivity contribution >= 4 is 17.4 Å². The minimum Gasteiger partial charge on any atom is -0.397 e. The molecule has 1 saturated carbocycles. The predicted molar refractivity (Wildman–Crippen MR) is 77.7 cm³/mol. The molecule has 106 valence electrons. The lowest BCUT2D eigenvalue weighted by atomic mass is 10.1. The number of hydrogen-bond donors (Lipinski definition) is 3. The molecule has 0 radical (unpaired) electrons. The first kappa shape index (κ1) is 12.8. The van der Waals surface area contributed by atoms with Crippen LogP contribution in [0.4, 0.5) is 11.5 Å². The fraction of sp³-hybridized carbons (Fsp3) is 0.429. The molecule has 6 nitrogen and oxygen atoms in total. The Labute approximate surface area is 117 Å². The van der Waals surface area contributed by atoms with Crippen LogP contribution in [0.3, 0.4) is 0 Å². The van der Waals surface area contributed by atoms with E-state index in [1.165, 1.54) is 0 Å². The molecular formula is C14H19N5O. The number of nitrogen functional groups attached to an aromatic ring is 1. The summed E-state index contributed by atoms with van der Waals surface area (Å²) in [6, 6.07) is 3.98. The molecular weight excluding hydrogens is 254 g/mol. The van der Waals surface area contributed by atoms with Crippen LogP contribution >= 0.6 is 0 Å². The van der Waals surface area contributed by atoms with Crippen LogP contribution in [-0.4, -0.2) is 20.7 Å². The first-order valence-corrected chi connectivity index (χ1v) is 6.88. The number of aromatic nitrogens is 3. The molecule has 2 heterocycles. The fourth-order valence-corrected chi connectivity index (χ4v) is 2.21. The number of H-pyrrole nitrogens is 1. The number of nitrogens with zero attached hydrogens (tertiary/aromatic N) is 2. The van der Waals surface area contributed by atoms with E-state index in [9.17, 15) is 4.79 Å². The van der Waals surface area contributed by atoms with Crippen molar-refractivity contribution in [2.45, 2.75) is 38.6 Å². The average molecular weight is 273 g/mol. The molecule has 2 aromatic heterocycles. The van der Waals surface area contributed by atoms with Gasteiger partial charge in [-0.1, -0.05) is 13.8 Å². The summed E-state index contributed by atoms with van der Waals surface area (Å²) in [5, 5.41) is 9.84. The summed E-state index contributed by atoms with van der Waals surface area (Å²) in [6.45, 7) is 4.14. The highest BCUT2D eigenvalue weighted by molar-refractivity contribution is 6.03. The Bertz CT molecular complexity index is 636. The van der Waals surface area contributed by atoms with E-state index in [4.69, 9.17) is 5.73 Å². The van der Waals surface area contributed by atoms with Crippen molar-refractivity contribution in [3.05, 3.63) is 29.7 Å². The van der Waals surface area contributed by atoms with Gasteiger partial charge >= 0.3 is 0 Å². The standard InChI is InChI=1S/C14H19N5O/c1-8(2)11-6-13(18-17-11)16-14(20)12-5-9(15)7-19(12)10-3-4-10/h5-8,10H,3-4,15H2,1-2H3,(H2,16,17,18,20). The SMILES string of the molecule is CC(C)c1cc(NC(=O)c2cc(N)cn2C2CC2)n[nH]1. The van der Waals surface area contributed by atoms with Crippen molar-refractivity contribution in [2.75, 3.05) is 11.1 Å². The molecule has 1 fully saturated rings. The topological polar surface area (TPSA) is 88.7 Å². The number of rotatable bonds is 4. The van der Waals surface area contributed by atoms with Gasteiger partial charge in [-0.3, -0.25) is 9.89 Å².